The van der Waals surface area contributed by atoms with Crippen LogP contribution in [0.5, 0.6) is 11.6 Å². The number of amides is 1. The summed E-state index contributed by atoms with van der Waals surface area (Å²) in [7, 11) is 0. The van der Waals surface area contributed by atoms with E-state index in [2.05, 4.69) is 15.0 Å². The number of para-hydroxylation sites is 1. The van der Waals surface area contributed by atoms with Crippen LogP contribution in [-0.2, 0) is 14.3 Å². The van der Waals surface area contributed by atoms with Crippen molar-refractivity contribution in [1.29, 1.82) is 0 Å². The summed E-state index contributed by atoms with van der Waals surface area (Å²) in [5.41, 5.74) is 0.384. The molecule has 1 N–H and O–H groups in total. The van der Waals surface area contributed by atoms with Gasteiger partial charge in [-0.05, 0) is 18.2 Å². The lowest BCUT2D eigenvalue weighted by Crippen LogP contribution is -2.29. The van der Waals surface area contributed by atoms with Gasteiger partial charge in [0.05, 0.1) is 34.5 Å². The maximum absolute atomic E-state index is 11.5. The number of carbonyl (C=O) groups is 2. The maximum Gasteiger partial charge on any atom is 0.250 e. The van der Waals surface area contributed by atoms with Crippen molar-refractivity contribution in [2.75, 3.05) is 18.5 Å². The van der Waals surface area contributed by atoms with E-state index in [0.29, 0.717) is 15.7 Å². The Morgan fingerprint density at radius 1 is 1.12 bits per heavy atom. The summed E-state index contributed by atoms with van der Waals surface area (Å²) in [5.74, 6) is -1.41. The van der Waals surface area contributed by atoms with E-state index in [-0.39, 0.29) is 11.6 Å². The lowest BCUT2D eigenvalue weighted by atomic mass is 10.3. The van der Waals surface area contributed by atoms with Crippen LogP contribution in [0.2, 0.25) is 10.0 Å². The highest BCUT2D eigenvalue weighted by Gasteiger charge is 2.09. The smallest absolute Gasteiger partial charge is 0.250 e. The molecule has 9 heteroatoms. The number of pyridine rings is 1. The molecule has 1 amide bonds. The second-order valence-electron chi connectivity index (χ2n) is 4.45. The Kier molecular flexibility index (Phi) is 6.36. The largest absolute Gasteiger partial charge is 0.548 e. The van der Waals surface area contributed by atoms with Gasteiger partial charge < -0.3 is 24.7 Å². The first kappa shape index (κ1) is 18.0. The van der Waals surface area contributed by atoms with Crippen LogP contribution >= 0.6 is 23.2 Å². The van der Waals surface area contributed by atoms with Crippen LogP contribution in [0.4, 0.5) is 5.69 Å². The van der Waals surface area contributed by atoms with Gasteiger partial charge in [0.1, 0.15) is 6.61 Å². The van der Waals surface area contributed by atoms with Crippen LogP contribution in [0.1, 0.15) is 0 Å². The Labute approximate surface area is 147 Å². The maximum atomic E-state index is 11.5. The number of hydrogen-bond acceptors (Lipinski definition) is 6. The van der Waals surface area contributed by atoms with E-state index < -0.39 is 25.1 Å². The van der Waals surface area contributed by atoms with Crippen LogP contribution in [-0.4, -0.2) is 30.1 Å². The zero-order chi connectivity index (χ0) is 17.5. The molecule has 0 atom stereocenters. The molecule has 0 spiro atoms. The van der Waals surface area contributed by atoms with Crippen LogP contribution < -0.4 is 15.2 Å². The fourth-order valence-corrected chi connectivity index (χ4v) is 2.10. The number of anilines is 1. The van der Waals surface area contributed by atoms with Crippen LogP contribution in [0.25, 0.3) is 0 Å². The number of hydrogen-bond donors (Lipinski definition) is 1. The highest BCUT2D eigenvalue weighted by atomic mass is 35.5. The predicted molar refractivity (Wildman–Crippen MR) is 85.2 cm³/mol. The number of rotatable bonds is 7. The summed E-state index contributed by atoms with van der Waals surface area (Å²) in [6.07, 6.45) is 1.36. The number of carboxylic acid groups (broad SMARTS) is 1. The molecule has 2 rings (SSSR count). The van der Waals surface area contributed by atoms with Crippen molar-refractivity contribution in [3.05, 3.63) is 46.6 Å². The molecule has 2 aromatic rings. The fourth-order valence-electron chi connectivity index (χ4n) is 1.62. The standard InChI is InChI=1S/C15H12Cl2N2O5/c16-10-2-1-3-11(17)15(10)24-13-5-4-9(6-18-13)19-12(20)7-23-8-14(21)22/h1-6H,7-8H2,(H,19,20)(H,21,22)/p-1. The van der Waals surface area contributed by atoms with Gasteiger partial charge in [0.2, 0.25) is 11.8 Å². The Morgan fingerprint density at radius 2 is 1.83 bits per heavy atom. The first-order chi connectivity index (χ1) is 11.5. The van der Waals surface area contributed by atoms with Crippen molar-refractivity contribution >= 4 is 40.8 Å². The number of carbonyl (C=O) groups excluding carboxylic acids is 2. The fraction of sp³-hybridized carbons (Fsp3) is 0.133. The number of nitrogens with one attached hydrogen (secondary N) is 1. The Bertz CT molecular complexity index is 717. The van der Waals surface area contributed by atoms with Gasteiger partial charge in [0.25, 0.3) is 0 Å². The summed E-state index contributed by atoms with van der Waals surface area (Å²) in [6, 6.07) is 8.00. The number of benzene rings is 1. The average molecular weight is 370 g/mol. The van der Waals surface area contributed by atoms with Crippen LogP contribution in [0.15, 0.2) is 36.5 Å². The van der Waals surface area contributed by atoms with Crippen LogP contribution in [0, 0.1) is 0 Å². The van der Waals surface area contributed by atoms with Crippen molar-refractivity contribution in [1.82, 2.24) is 4.98 Å². The third kappa shape index (κ3) is 5.38. The molecule has 1 aromatic carbocycles. The molecule has 0 bridgehead atoms. The van der Waals surface area contributed by atoms with E-state index in [1.807, 2.05) is 0 Å². The quantitative estimate of drug-likeness (QED) is 0.799. The zero-order valence-corrected chi connectivity index (χ0v) is 13.6. The monoisotopic (exact) mass is 369 g/mol. The topological polar surface area (TPSA) is 101 Å². The first-order valence-electron chi connectivity index (χ1n) is 6.61. The molecule has 0 aliphatic heterocycles. The molecular weight excluding hydrogens is 359 g/mol. The third-order valence-electron chi connectivity index (χ3n) is 2.60. The Balaban J connectivity index is 1.93. The summed E-state index contributed by atoms with van der Waals surface area (Å²) in [6.45, 7) is -1.07. The summed E-state index contributed by atoms with van der Waals surface area (Å²) < 4.78 is 10.1. The van der Waals surface area contributed by atoms with Gasteiger partial charge >= 0.3 is 0 Å². The Morgan fingerprint density at radius 3 is 2.42 bits per heavy atom. The molecule has 24 heavy (non-hydrogen) atoms. The molecule has 0 saturated carbocycles. The first-order valence-corrected chi connectivity index (χ1v) is 7.36. The van der Waals surface area contributed by atoms with Crippen molar-refractivity contribution < 1.29 is 24.2 Å². The SMILES string of the molecule is O=C([O-])COCC(=O)Nc1ccc(Oc2c(Cl)cccc2Cl)nc1. The highest BCUT2D eigenvalue weighted by Crippen LogP contribution is 2.35. The van der Waals surface area contributed by atoms with Crippen LogP contribution in [0.3, 0.4) is 0 Å². The minimum atomic E-state index is -1.40. The van der Waals surface area contributed by atoms with Crippen molar-refractivity contribution in [2.24, 2.45) is 0 Å². The zero-order valence-electron chi connectivity index (χ0n) is 12.1. The van der Waals surface area contributed by atoms with Gasteiger partial charge in [-0.1, -0.05) is 29.3 Å². The summed E-state index contributed by atoms with van der Waals surface area (Å²) >= 11 is 12.0. The lowest BCUT2D eigenvalue weighted by molar-refractivity contribution is -0.309. The molecule has 0 radical (unpaired) electrons. The molecule has 0 fully saturated rings. The number of halogens is 2. The van der Waals surface area contributed by atoms with Gasteiger partial charge in [-0.3, -0.25) is 4.79 Å². The number of carboxylic acids is 1. The number of ether oxygens (including phenoxy) is 2. The molecule has 0 aliphatic rings. The molecule has 0 saturated heterocycles. The van der Waals surface area contributed by atoms with Gasteiger partial charge in [-0.15, -0.1) is 0 Å². The number of nitrogens with zero attached hydrogens (tertiary/aromatic N) is 1. The van der Waals surface area contributed by atoms with E-state index in [9.17, 15) is 14.7 Å². The van der Waals surface area contributed by atoms with E-state index in [4.69, 9.17) is 27.9 Å². The van der Waals surface area contributed by atoms with E-state index in [1.54, 1.807) is 24.3 Å². The third-order valence-corrected chi connectivity index (χ3v) is 3.19. The van der Waals surface area contributed by atoms with E-state index in [0.717, 1.165) is 0 Å². The molecule has 7 nitrogen and oxygen atoms in total. The van der Waals surface area contributed by atoms with Gasteiger partial charge in [0.15, 0.2) is 5.75 Å². The highest BCUT2D eigenvalue weighted by molar-refractivity contribution is 6.37. The van der Waals surface area contributed by atoms with Gasteiger partial charge in [-0.25, -0.2) is 4.98 Å². The second kappa shape index (κ2) is 8.49. The van der Waals surface area contributed by atoms with Crippen molar-refractivity contribution in [2.45, 2.75) is 0 Å². The molecular formula is C15H11Cl2N2O5-. The summed E-state index contributed by atoms with van der Waals surface area (Å²) in [5, 5.41) is 13.3. The molecule has 1 heterocycles. The molecule has 1 aromatic heterocycles. The lowest BCUT2D eigenvalue weighted by Gasteiger charge is -2.09. The van der Waals surface area contributed by atoms with E-state index >= 15 is 0 Å². The van der Waals surface area contributed by atoms with Gasteiger partial charge in [0, 0.05) is 6.07 Å². The predicted octanol–water partition coefficient (Wildman–Crippen LogP) is 1.89. The minimum absolute atomic E-state index is 0.233. The second-order valence-corrected chi connectivity index (χ2v) is 5.27. The molecule has 126 valence electrons. The average Bonchev–Trinajstić information content (AvgIpc) is 2.52. The van der Waals surface area contributed by atoms with Crippen molar-refractivity contribution in [3.8, 4) is 11.6 Å². The van der Waals surface area contributed by atoms with Gasteiger partial charge in [-0.2, -0.15) is 0 Å². The van der Waals surface area contributed by atoms with E-state index in [1.165, 1.54) is 12.3 Å². The Hall–Kier alpha value is -2.35. The summed E-state index contributed by atoms with van der Waals surface area (Å²) in [4.78, 5) is 25.7. The molecule has 0 unspecified atom stereocenters. The van der Waals surface area contributed by atoms with Crippen molar-refractivity contribution in [3.63, 3.8) is 0 Å². The number of aromatic nitrogens is 1. The normalized spacial score (nSPS) is 10.2. The number of aliphatic carboxylic acids is 1. The molecule has 0 aliphatic carbocycles. The minimum Gasteiger partial charge on any atom is -0.548 e.